The summed E-state index contributed by atoms with van der Waals surface area (Å²) >= 11 is 5.89. The first kappa shape index (κ1) is 18.8. The summed E-state index contributed by atoms with van der Waals surface area (Å²) in [7, 11) is 0. The topological polar surface area (TPSA) is 64.6 Å². The molecule has 2 amide bonds. The zero-order valence-electron chi connectivity index (χ0n) is 16.1. The molecule has 2 aliphatic rings. The maximum Gasteiger partial charge on any atom is 0.321 e. The van der Waals surface area contributed by atoms with Crippen molar-refractivity contribution in [3.05, 3.63) is 41.0 Å². The van der Waals surface area contributed by atoms with Crippen molar-refractivity contribution in [1.29, 1.82) is 0 Å². The third-order valence-corrected chi connectivity index (χ3v) is 5.46. The van der Waals surface area contributed by atoms with E-state index in [4.69, 9.17) is 16.6 Å². The summed E-state index contributed by atoms with van der Waals surface area (Å²) in [5, 5.41) is 3.57. The van der Waals surface area contributed by atoms with Gasteiger partial charge in [-0.1, -0.05) is 11.6 Å². The molecule has 1 N–H and O–H groups in total. The highest BCUT2D eigenvalue weighted by Crippen LogP contribution is 2.22. The van der Waals surface area contributed by atoms with Gasteiger partial charge < -0.3 is 20.0 Å². The van der Waals surface area contributed by atoms with E-state index in [0.717, 1.165) is 49.3 Å². The number of piperazine rings is 1. The Hall–Kier alpha value is -2.54. The Kier molecular flexibility index (Phi) is 5.52. The largest absolute Gasteiger partial charge is 0.356 e. The Morgan fingerprint density at radius 1 is 0.964 bits per heavy atom. The van der Waals surface area contributed by atoms with Crippen molar-refractivity contribution in [2.24, 2.45) is 0 Å². The molecule has 0 aliphatic carbocycles. The van der Waals surface area contributed by atoms with Gasteiger partial charge in [-0.05, 0) is 44.0 Å². The van der Waals surface area contributed by atoms with Gasteiger partial charge in [-0.2, -0.15) is 4.98 Å². The number of aryl methyl sites for hydroxylation is 1. The SMILES string of the molecule is Cc1cc(N2CCCC2)nc(N2CCN(C(=O)Nc3ccc(Cl)cc3)CC2)n1. The number of rotatable bonds is 3. The summed E-state index contributed by atoms with van der Waals surface area (Å²) < 4.78 is 0. The number of hydrogen-bond acceptors (Lipinski definition) is 5. The predicted octanol–water partition coefficient (Wildman–Crippen LogP) is 3.39. The molecule has 2 saturated heterocycles. The molecule has 2 aromatic rings. The summed E-state index contributed by atoms with van der Waals surface area (Å²) in [5.74, 6) is 1.78. The molecule has 0 atom stereocenters. The minimum Gasteiger partial charge on any atom is -0.356 e. The van der Waals surface area contributed by atoms with Crippen LogP contribution < -0.4 is 15.1 Å². The van der Waals surface area contributed by atoms with Crippen LogP contribution in [0.4, 0.5) is 22.2 Å². The van der Waals surface area contributed by atoms with Crippen LogP contribution in [-0.2, 0) is 0 Å². The second-order valence-electron chi connectivity index (χ2n) is 7.27. The summed E-state index contributed by atoms with van der Waals surface area (Å²) in [6.45, 7) is 6.85. The van der Waals surface area contributed by atoms with Gasteiger partial charge in [-0.15, -0.1) is 0 Å². The van der Waals surface area contributed by atoms with Crippen molar-refractivity contribution >= 4 is 35.1 Å². The van der Waals surface area contributed by atoms with Crippen LogP contribution in [0.3, 0.4) is 0 Å². The molecule has 0 bridgehead atoms. The van der Waals surface area contributed by atoms with Crippen LogP contribution in [0.5, 0.6) is 0 Å². The monoisotopic (exact) mass is 400 g/mol. The highest BCUT2D eigenvalue weighted by atomic mass is 35.5. The maximum absolute atomic E-state index is 12.5. The van der Waals surface area contributed by atoms with Gasteiger partial charge in [-0.3, -0.25) is 0 Å². The molecule has 2 fully saturated rings. The van der Waals surface area contributed by atoms with Crippen LogP contribution in [-0.4, -0.2) is 60.2 Å². The number of carbonyl (C=O) groups excluding carboxylic acids is 1. The number of amides is 2. The van der Waals surface area contributed by atoms with Crippen molar-refractivity contribution in [2.45, 2.75) is 19.8 Å². The molecule has 28 heavy (non-hydrogen) atoms. The van der Waals surface area contributed by atoms with Crippen LogP contribution in [0.15, 0.2) is 30.3 Å². The molecule has 4 rings (SSSR count). The lowest BCUT2D eigenvalue weighted by Crippen LogP contribution is -2.50. The smallest absolute Gasteiger partial charge is 0.321 e. The highest BCUT2D eigenvalue weighted by molar-refractivity contribution is 6.30. The molecule has 0 saturated carbocycles. The lowest BCUT2D eigenvalue weighted by Gasteiger charge is -2.35. The number of hydrogen-bond donors (Lipinski definition) is 1. The zero-order valence-corrected chi connectivity index (χ0v) is 16.8. The number of urea groups is 1. The van der Waals surface area contributed by atoms with Crippen LogP contribution in [0, 0.1) is 6.92 Å². The third-order valence-electron chi connectivity index (χ3n) is 5.20. The van der Waals surface area contributed by atoms with Crippen molar-refractivity contribution in [2.75, 3.05) is 54.4 Å². The van der Waals surface area contributed by atoms with E-state index in [1.807, 2.05) is 11.8 Å². The lowest BCUT2D eigenvalue weighted by atomic mass is 10.3. The normalized spacial score (nSPS) is 17.1. The van der Waals surface area contributed by atoms with Crippen LogP contribution in [0.25, 0.3) is 0 Å². The molecule has 7 nitrogen and oxygen atoms in total. The van der Waals surface area contributed by atoms with E-state index in [0.29, 0.717) is 18.1 Å². The van der Waals surface area contributed by atoms with Gasteiger partial charge in [0.2, 0.25) is 5.95 Å². The summed E-state index contributed by atoms with van der Waals surface area (Å²) in [4.78, 5) is 28.2. The van der Waals surface area contributed by atoms with Gasteiger partial charge in [0.15, 0.2) is 0 Å². The molecule has 1 aromatic heterocycles. The van der Waals surface area contributed by atoms with E-state index in [1.165, 1.54) is 12.8 Å². The Morgan fingerprint density at radius 3 is 2.32 bits per heavy atom. The van der Waals surface area contributed by atoms with E-state index in [2.05, 4.69) is 26.2 Å². The number of nitrogens with zero attached hydrogens (tertiary/aromatic N) is 5. The predicted molar refractivity (Wildman–Crippen MR) is 112 cm³/mol. The Balaban J connectivity index is 1.37. The maximum atomic E-state index is 12.5. The first-order valence-electron chi connectivity index (χ1n) is 9.75. The molecular weight excluding hydrogens is 376 g/mol. The molecule has 3 heterocycles. The summed E-state index contributed by atoms with van der Waals surface area (Å²) in [6.07, 6.45) is 2.44. The molecule has 1 aromatic carbocycles. The molecule has 148 valence electrons. The molecule has 8 heteroatoms. The van der Waals surface area contributed by atoms with Crippen molar-refractivity contribution < 1.29 is 4.79 Å². The fourth-order valence-electron chi connectivity index (χ4n) is 3.63. The van der Waals surface area contributed by atoms with Gasteiger partial charge in [0, 0.05) is 61.7 Å². The van der Waals surface area contributed by atoms with Crippen LogP contribution in [0.2, 0.25) is 5.02 Å². The van der Waals surface area contributed by atoms with Crippen molar-refractivity contribution in [1.82, 2.24) is 14.9 Å². The Labute approximate surface area is 170 Å². The van der Waals surface area contributed by atoms with Gasteiger partial charge in [0.25, 0.3) is 0 Å². The molecule has 0 radical (unpaired) electrons. The average molecular weight is 401 g/mol. The molecule has 0 spiro atoms. The van der Waals surface area contributed by atoms with Crippen molar-refractivity contribution in [3.63, 3.8) is 0 Å². The quantitative estimate of drug-likeness (QED) is 0.855. The number of nitrogens with one attached hydrogen (secondary N) is 1. The second-order valence-corrected chi connectivity index (χ2v) is 7.71. The second kappa shape index (κ2) is 8.22. The number of halogens is 1. The molecule has 2 aliphatic heterocycles. The van der Waals surface area contributed by atoms with E-state index in [1.54, 1.807) is 24.3 Å². The fraction of sp³-hybridized carbons (Fsp3) is 0.450. The zero-order chi connectivity index (χ0) is 19.5. The van der Waals surface area contributed by atoms with Gasteiger partial charge in [-0.25, -0.2) is 9.78 Å². The molecule has 0 unspecified atom stereocenters. The van der Waals surface area contributed by atoms with Crippen LogP contribution >= 0.6 is 11.6 Å². The number of anilines is 3. The highest BCUT2D eigenvalue weighted by Gasteiger charge is 2.24. The van der Waals surface area contributed by atoms with E-state index < -0.39 is 0 Å². The molecular formula is C20H25ClN6O. The number of carbonyl (C=O) groups is 1. The first-order valence-corrected chi connectivity index (χ1v) is 10.1. The minimum atomic E-state index is -0.0927. The van der Waals surface area contributed by atoms with E-state index in [-0.39, 0.29) is 6.03 Å². The third kappa shape index (κ3) is 4.30. The lowest BCUT2D eigenvalue weighted by molar-refractivity contribution is 0.208. The first-order chi connectivity index (χ1) is 13.6. The van der Waals surface area contributed by atoms with Crippen molar-refractivity contribution in [3.8, 4) is 0 Å². The Morgan fingerprint density at radius 2 is 1.64 bits per heavy atom. The fourth-order valence-corrected chi connectivity index (χ4v) is 3.76. The van der Waals surface area contributed by atoms with E-state index in [9.17, 15) is 4.79 Å². The number of aromatic nitrogens is 2. The number of benzene rings is 1. The van der Waals surface area contributed by atoms with Crippen LogP contribution in [0.1, 0.15) is 18.5 Å². The average Bonchev–Trinajstić information content (AvgIpc) is 3.24. The standard InChI is InChI=1S/C20H25ClN6O/c1-15-14-18(25-8-2-3-9-25)24-19(22-15)26-10-12-27(13-11-26)20(28)23-17-6-4-16(21)5-7-17/h4-7,14H,2-3,8-13H2,1H3,(H,23,28). The van der Waals surface area contributed by atoms with Gasteiger partial charge in [0.1, 0.15) is 5.82 Å². The Bertz CT molecular complexity index is 829. The summed E-state index contributed by atoms with van der Waals surface area (Å²) in [6, 6.07) is 9.10. The van der Waals surface area contributed by atoms with E-state index >= 15 is 0 Å². The minimum absolute atomic E-state index is 0.0927. The van der Waals surface area contributed by atoms with Gasteiger partial charge >= 0.3 is 6.03 Å². The van der Waals surface area contributed by atoms with Gasteiger partial charge in [0.05, 0.1) is 0 Å². The summed E-state index contributed by atoms with van der Waals surface area (Å²) in [5.41, 5.74) is 1.73.